The van der Waals surface area contributed by atoms with Crippen molar-refractivity contribution in [1.29, 1.82) is 0 Å². The van der Waals surface area contributed by atoms with Gasteiger partial charge in [-0.15, -0.1) is 11.3 Å². The molecule has 1 heterocycles. The van der Waals surface area contributed by atoms with Crippen LogP contribution in [0.3, 0.4) is 0 Å². The van der Waals surface area contributed by atoms with E-state index in [-0.39, 0.29) is 0 Å². The summed E-state index contributed by atoms with van der Waals surface area (Å²) in [5, 5.41) is 7.26. The van der Waals surface area contributed by atoms with Crippen LogP contribution < -0.4 is 5.43 Å². The first kappa shape index (κ1) is 14.5. The average Bonchev–Trinajstić information content (AvgIpc) is 2.89. The van der Waals surface area contributed by atoms with E-state index in [4.69, 9.17) is 0 Å². The molecule has 0 aliphatic carbocycles. The van der Waals surface area contributed by atoms with Crippen LogP contribution in [0.5, 0.6) is 0 Å². The first-order valence-electron chi connectivity index (χ1n) is 6.25. The van der Waals surface area contributed by atoms with E-state index in [2.05, 4.69) is 81.6 Å². The predicted octanol–water partition coefficient (Wildman–Crippen LogP) is 5.00. The van der Waals surface area contributed by atoms with Gasteiger partial charge in [0.05, 0.1) is 5.69 Å². The molecule has 100 valence electrons. The van der Waals surface area contributed by atoms with Gasteiger partial charge in [-0.25, -0.2) is 4.98 Å². The van der Waals surface area contributed by atoms with Crippen LogP contribution in [-0.4, -0.2) is 10.7 Å². The van der Waals surface area contributed by atoms with E-state index in [1.54, 1.807) is 11.3 Å². The highest BCUT2D eigenvalue weighted by molar-refractivity contribution is 14.1. The first-order chi connectivity index (χ1) is 9.22. The lowest BCUT2D eigenvalue weighted by Gasteiger charge is -1.99. The summed E-state index contributed by atoms with van der Waals surface area (Å²) in [5.74, 6) is 0. The Morgan fingerprint density at radius 2 is 1.95 bits per heavy atom. The zero-order valence-electron chi connectivity index (χ0n) is 11.0. The Labute approximate surface area is 131 Å². The van der Waals surface area contributed by atoms with Crippen molar-refractivity contribution in [3.8, 4) is 11.3 Å². The van der Waals surface area contributed by atoms with Crippen molar-refractivity contribution in [2.45, 2.75) is 26.7 Å². The van der Waals surface area contributed by atoms with E-state index >= 15 is 0 Å². The molecule has 0 bridgehead atoms. The number of aromatic nitrogens is 1. The molecule has 1 N–H and O–H groups in total. The summed E-state index contributed by atoms with van der Waals surface area (Å²) in [4.78, 5) is 4.55. The molecule has 0 amide bonds. The third-order valence-electron chi connectivity index (χ3n) is 2.77. The van der Waals surface area contributed by atoms with Crippen molar-refractivity contribution in [3.63, 3.8) is 0 Å². The number of anilines is 1. The standard InChI is InChI=1S/C14H16IN3S/c1-3-12(4-2)17-18-14-16-13(9-19-14)10-5-7-11(15)8-6-10/h5-9H,3-4H2,1-2H3,(H,16,18). The van der Waals surface area contributed by atoms with Gasteiger partial charge in [-0.2, -0.15) is 5.10 Å². The van der Waals surface area contributed by atoms with E-state index in [0.717, 1.165) is 34.9 Å². The topological polar surface area (TPSA) is 37.3 Å². The fourth-order valence-corrected chi connectivity index (χ4v) is 2.63. The molecule has 1 aromatic heterocycles. The molecule has 2 aromatic rings. The lowest BCUT2D eigenvalue weighted by atomic mass is 10.2. The first-order valence-corrected chi connectivity index (χ1v) is 8.21. The number of hydrogen-bond donors (Lipinski definition) is 1. The number of hydrogen-bond acceptors (Lipinski definition) is 4. The maximum absolute atomic E-state index is 4.55. The molecule has 0 aliphatic rings. The highest BCUT2D eigenvalue weighted by atomic mass is 127. The summed E-state index contributed by atoms with van der Waals surface area (Å²) in [6, 6.07) is 8.36. The van der Waals surface area contributed by atoms with Crippen LogP contribution in [0.1, 0.15) is 26.7 Å². The number of halogens is 1. The Bertz CT molecular complexity index is 554. The fraction of sp³-hybridized carbons (Fsp3) is 0.286. The SMILES string of the molecule is CCC(CC)=NNc1nc(-c2ccc(I)cc2)cs1. The van der Waals surface area contributed by atoms with E-state index in [0.29, 0.717) is 0 Å². The number of hydrazone groups is 1. The zero-order chi connectivity index (χ0) is 13.7. The summed E-state index contributed by atoms with van der Waals surface area (Å²) in [6.45, 7) is 4.23. The molecule has 0 spiro atoms. The third kappa shape index (κ3) is 4.01. The maximum atomic E-state index is 4.55. The molecule has 0 aliphatic heterocycles. The number of benzene rings is 1. The lowest BCUT2D eigenvalue weighted by Crippen LogP contribution is -1.98. The van der Waals surface area contributed by atoms with Gasteiger partial charge in [0.25, 0.3) is 0 Å². The van der Waals surface area contributed by atoms with Crippen LogP contribution in [0, 0.1) is 3.57 Å². The second kappa shape index (κ2) is 7.00. The minimum absolute atomic E-state index is 0.841. The minimum atomic E-state index is 0.841. The van der Waals surface area contributed by atoms with E-state index < -0.39 is 0 Å². The Balaban J connectivity index is 2.11. The maximum Gasteiger partial charge on any atom is 0.203 e. The Kier molecular flexibility index (Phi) is 5.33. The molecular formula is C14H16IN3S. The minimum Gasteiger partial charge on any atom is -0.253 e. The Morgan fingerprint density at radius 1 is 1.26 bits per heavy atom. The summed E-state index contributed by atoms with van der Waals surface area (Å²) >= 11 is 3.88. The van der Waals surface area contributed by atoms with Gasteiger partial charge in [-0.1, -0.05) is 26.0 Å². The van der Waals surface area contributed by atoms with Crippen molar-refractivity contribution < 1.29 is 0 Å². The van der Waals surface area contributed by atoms with Crippen LogP contribution >= 0.6 is 33.9 Å². The van der Waals surface area contributed by atoms with Gasteiger partial charge < -0.3 is 0 Å². The van der Waals surface area contributed by atoms with Crippen molar-refractivity contribution in [1.82, 2.24) is 4.98 Å². The third-order valence-corrected chi connectivity index (χ3v) is 4.24. The number of thiazole rings is 1. The highest BCUT2D eigenvalue weighted by Crippen LogP contribution is 2.25. The van der Waals surface area contributed by atoms with Crippen LogP contribution in [0.2, 0.25) is 0 Å². The molecule has 3 nitrogen and oxygen atoms in total. The van der Waals surface area contributed by atoms with Crippen LogP contribution in [0.15, 0.2) is 34.7 Å². The second-order valence-corrected chi connectivity index (χ2v) is 6.15. The second-order valence-electron chi connectivity index (χ2n) is 4.04. The van der Waals surface area contributed by atoms with Gasteiger partial charge in [-0.05, 0) is 47.6 Å². The number of nitrogens with one attached hydrogen (secondary N) is 1. The van der Waals surface area contributed by atoms with Crippen LogP contribution in [0.4, 0.5) is 5.13 Å². The van der Waals surface area contributed by atoms with E-state index in [1.165, 1.54) is 3.57 Å². The fourth-order valence-electron chi connectivity index (χ4n) is 1.61. The molecule has 0 atom stereocenters. The number of rotatable bonds is 5. The molecule has 2 rings (SSSR count). The van der Waals surface area contributed by atoms with Gasteiger partial charge in [-0.3, -0.25) is 5.43 Å². The van der Waals surface area contributed by atoms with Crippen molar-refractivity contribution >= 4 is 44.8 Å². The van der Waals surface area contributed by atoms with E-state index in [9.17, 15) is 0 Å². The quantitative estimate of drug-likeness (QED) is 0.447. The van der Waals surface area contributed by atoms with Gasteiger partial charge in [0.15, 0.2) is 0 Å². The Hall–Kier alpha value is -0.950. The van der Waals surface area contributed by atoms with Crippen LogP contribution in [0.25, 0.3) is 11.3 Å². The summed E-state index contributed by atoms with van der Waals surface area (Å²) in [7, 11) is 0. The largest absolute Gasteiger partial charge is 0.253 e. The molecule has 1 aromatic carbocycles. The molecule has 19 heavy (non-hydrogen) atoms. The molecule has 0 radical (unpaired) electrons. The predicted molar refractivity (Wildman–Crippen MR) is 91.9 cm³/mol. The highest BCUT2D eigenvalue weighted by Gasteiger charge is 2.04. The molecular weight excluding hydrogens is 369 g/mol. The van der Waals surface area contributed by atoms with Crippen molar-refractivity contribution in [2.24, 2.45) is 5.10 Å². The average molecular weight is 385 g/mol. The summed E-state index contributed by atoms with van der Waals surface area (Å²) in [5.41, 5.74) is 6.33. The van der Waals surface area contributed by atoms with Crippen LogP contribution in [-0.2, 0) is 0 Å². The van der Waals surface area contributed by atoms with Gasteiger partial charge in [0, 0.05) is 20.2 Å². The number of nitrogens with zero attached hydrogens (tertiary/aromatic N) is 2. The molecule has 5 heteroatoms. The molecule has 0 saturated heterocycles. The zero-order valence-corrected chi connectivity index (χ0v) is 14.0. The Morgan fingerprint density at radius 3 is 2.58 bits per heavy atom. The van der Waals surface area contributed by atoms with Crippen molar-refractivity contribution in [3.05, 3.63) is 33.2 Å². The van der Waals surface area contributed by atoms with Gasteiger partial charge in [0.2, 0.25) is 5.13 Å². The molecule has 0 unspecified atom stereocenters. The summed E-state index contributed by atoms with van der Waals surface area (Å²) in [6.07, 6.45) is 1.94. The monoisotopic (exact) mass is 385 g/mol. The van der Waals surface area contributed by atoms with Gasteiger partial charge >= 0.3 is 0 Å². The molecule has 0 fully saturated rings. The summed E-state index contributed by atoms with van der Waals surface area (Å²) < 4.78 is 1.23. The lowest BCUT2D eigenvalue weighted by molar-refractivity contribution is 1.12. The molecule has 0 saturated carbocycles. The van der Waals surface area contributed by atoms with Gasteiger partial charge in [0.1, 0.15) is 0 Å². The van der Waals surface area contributed by atoms with E-state index in [1.807, 2.05) is 0 Å². The smallest absolute Gasteiger partial charge is 0.203 e. The normalized spacial score (nSPS) is 10.3. The van der Waals surface area contributed by atoms with Crippen molar-refractivity contribution in [2.75, 3.05) is 5.43 Å².